The van der Waals surface area contributed by atoms with E-state index in [0.29, 0.717) is 19.8 Å². The van der Waals surface area contributed by atoms with Crippen LogP contribution in [-0.2, 0) is 9.47 Å². The van der Waals surface area contributed by atoms with Crippen LogP contribution in [0.3, 0.4) is 0 Å². The Morgan fingerprint density at radius 1 is 1.25 bits per heavy atom. The van der Waals surface area contributed by atoms with E-state index < -0.39 is 0 Å². The van der Waals surface area contributed by atoms with Gasteiger partial charge in [0.25, 0.3) is 0 Å². The summed E-state index contributed by atoms with van der Waals surface area (Å²) in [5.74, 6) is 0.220. The van der Waals surface area contributed by atoms with Crippen LogP contribution in [0.2, 0.25) is 0 Å². The molecule has 0 aliphatic carbocycles. The highest BCUT2D eigenvalue weighted by Gasteiger charge is 1.91. The summed E-state index contributed by atoms with van der Waals surface area (Å²) < 4.78 is 9.93. The fourth-order valence-corrected chi connectivity index (χ4v) is 0.545. The maximum Gasteiger partial charge on any atom is 0.114 e. The zero-order valence-electron chi connectivity index (χ0n) is 7.32. The van der Waals surface area contributed by atoms with Crippen LogP contribution in [0.4, 0.5) is 0 Å². The average molecular weight is 176 g/mol. The van der Waals surface area contributed by atoms with Crippen molar-refractivity contribution in [2.45, 2.75) is 6.92 Å². The monoisotopic (exact) mass is 176 g/mol. The van der Waals surface area contributed by atoms with Crippen molar-refractivity contribution in [3.8, 4) is 0 Å². The molecule has 12 heavy (non-hydrogen) atoms. The van der Waals surface area contributed by atoms with Crippen molar-refractivity contribution in [3.63, 3.8) is 0 Å². The third kappa shape index (κ3) is 7.53. The van der Waals surface area contributed by atoms with Gasteiger partial charge in [0.1, 0.15) is 12.4 Å². The molecular weight excluding hydrogens is 160 g/mol. The molecule has 0 unspecified atom stereocenters. The van der Waals surface area contributed by atoms with Gasteiger partial charge in [-0.2, -0.15) is 0 Å². The normalized spacial score (nSPS) is 12.0. The first kappa shape index (κ1) is 11.4. The highest BCUT2D eigenvalue weighted by Crippen LogP contribution is 1.88. The van der Waals surface area contributed by atoms with Crippen LogP contribution in [0, 0.1) is 0 Å². The lowest BCUT2D eigenvalue weighted by molar-refractivity contribution is 0.0332. The molecule has 0 saturated heterocycles. The molecule has 0 rings (SSSR count). The lowest BCUT2D eigenvalue weighted by atomic mass is 10.5. The molecule has 0 aliphatic rings. The molecular formula is C8H16O4. The lowest BCUT2D eigenvalue weighted by Gasteiger charge is -2.03. The van der Waals surface area contributed by atoms with E-state index in [1.807, 2.05) is 0 Å². The zero-order valence-corrected chi connectivity index (χ0v) is 7.32. The summed E-state index contributed by atoms with van der Waals surface area (Å²) in [5, 5.41) is 17.3. The molecule has 0 saturated carbocycles. The van der Waals surface area contributed by atoms with E-state index >= 15 is 0 Å². The molecule has 0 atom stereocenters. The van der Waals surface area contributed by atoms with Crippen LogP contribution >= 0.6 is 0 Å². The summed E-state index contributed by atoms with van der Waals surface area (Å²) in [6.07, 6.45) is 1.58. The zero-order chi connectivity index (χ0) is 9.23. The van der Waals surface area contributed by atoms with Crippen molar-refractivity contribution >= 4 is 0 Å². The number of rotatable bonds is 7. The average Bonchev–Trinajstić information content (AvgIpc) is 2.10. The number of allylic oxidation sites excluding steroid dienone is 1. The van der Waals surface area contributed by atoms with Crippen molar-refractivity contribution in [2.75, 3.05) is 33.0 Å². The van der Waals surface area contributed by atoms with Gasteiger partial charge in [-0.1, -0.05) is 0 Å². The molecule has 72 valence electrons. The Balaban J connectivity index is 3.00. The van der Waals surface area contributed by atoms with Crippen molar-refractivity contribution < 1.29 is 19.7 Å². The van der Waals surface area contributed by atoms with Crippen LogP contribution in [-0.4, -0.2) is 43.2 Å². The Morgan fingerprint density at radius 3 is 2.50 bits per heavy atom. The first-order chi connectivity index (χ1) is 5.81. The maximum absolute atomic E-state index is 8.92. The van der Waals surface area contributed by atoms with E-state index in [1.165, 1.54) is 0 Å². The van der Waals surface area contributed by atoms with Crippen LogP contribution in [0.1, 0.15) is 6.92 Å². The number of aliphatic hydroxyl groups is 2. The molecule has 0 aromatic rings. The topological polar surface area (TPSA) is 58.9 Å². The molecule has 0 aromatic heterocycles. The Hall–Kier alpha value is -0.580. The molecule has 0 heterocycles. The minimum Gasteiger partial charge on any atom is -0.510 e. The van der Waals surface area contributed by atoms with E-state index in [9.17, 15) is 0 Å². The first-order valence-corrected chi connectivity index (χ1v) is 3.91. The molecule has 0 spiro atoms. The Bertz CT molecular complexity index is 122. The Kier molecular flexibility index (Phi) is 8.10. The van der Waals surface area contributed by atoms with Crippen molar-refractivity contribution in [1.29, 1.82) is 0 Å². The fourth-order valence-electron chi connectivity index (χ4n) is 0.545. The minimum atomic E-state index is 0.0279. The second-order valence-corrected chi connectivity index (χ2v) is 2.17. The quantitative estimate of drug-likeness (QED) is 0.437. The van der Waals surface area contributed by atoms with Gasteiger partial charge in [-0.15, -0.1) is 0 Å². The van der Waals surface area contributed by atoms with Gasteiger partial charge in [-0.3, -0.25) is 0 Å². The standard InChI is InChI=1S/C8H16O4/c1-2-8(10)7-12-6-5-11-4-3-9/h2,9-10H,3-7H2,1H3. The second-order valence-electron chi connectivity index (χ2n) is 2.17. The largest absolute Gasteiger partial charge is 0.510 e. The van der Waals surface area contributed by atoms with Crippen LogP contribution < -0.4 is 0 Å². The molecule has 0 aliphatic heterocycles. The fraction of sp³-hybridized carbons (Fsp3) is 0.750. The Morgan fingerprint density at radius 2 is 1.92 bits per heavy atom. The number of ether oxygens (including phenoxy) is 2. The highest BCUT2D eigenvalue weighted by molar-refractivity contribution is 4.86. The number of hydrogen-bond donors (Lipinski definition) is 2. The first-order valence-electron chi connectivity index (χ1n) is 3.91. The van der Waals surface area contributed by atoms with Gasteiger partial charge in [-0.05, 0) is 13.0 Å². The van der Waals surface area contributed by atoms with E-state index in [4.69, 9.17) is 19.7 Å². The summed E-state index contributed by atoms with van der Waals surface area (Å²) in [4.78, 5) is 0. The molecule has 0 radical (unpaired) electrons. The van der Waals surface area contributed by atoms with Crippen LogP contribution in [0.5, 0.6) is 0 Å². The summed E-state index contributed by atoms with van der Waals surface area (Å²) in [7, 11) is 0. The van der Waals surface area contributed by atoms with Gasteiger partial charge < -0.3 is 19.7 Å². The molecule has 4 heteroatoms. The number of hydrogen-bond acceptors (Lipinski definition) is 4. The summed E-state index contributed by atoms with van der Waals surface area (Å²) >= 11 is 0. The Labute approximate surface area is 72.4 Å². The van der Waals surface area contributed by atoms with E-state index in [0.717, 1.165) is 0 Å². The lowest BCUT2D eigenvalue weighted by Crippen LogP contribution is -2.08. The predicted molar refractivity (Wildman–Crippen MR) is 45.1 cm³/mol. The van der Waals surface area contributed by atoms with Gasteiger partial charge in [0.05, 0.1) is 26.4 Å². The van der Waals surface area contributed by atoms with Crippen LogP contribution in [0.15, 0.2) is 11.8 Å². The maximum atomic E-state index is 8.92. The van der Waals surface area contributed by atoms with E-state index in [-0.39, 0.29) is 19.0 Å². The summed E-state index contributed by atoms with van der Waals surface area (Å²) in [5.41, 5.74) is 0. The van der Waals surface area contributed by atoms with Gasteiger partial charge in [0.15, 0.2) is 0 Å². The predicted octanol–water partition coefficient (Wildman–Crippen LogP) is 0.474. The van der Waals surface area contributed by atoms with Crippen molar-refractivity contribution in [3.05, 3.63) is 11.8 Å². The minimum absolute atomic E-state index is 0.0279. The van der Waals surface area contributed by atoms with E-state index in [2.05, 4.69) is 0 Å². The highest BCUT2D eigenvalue weighted by atomic mass is 16.5. The smallest absolute Gasteiger partial charge is 0.114 e. The van der Waals surface area contributed by atoms with Crippen molar-refractivity contribution in [2.24, 2.45) is 0 Å². The van der Waals surface area contributed by atoms with Crippen LogP contribution in [0.25, 0.3) is 0 Å². The molecule has 0 bridgehead atoms. The SMILES string of the molecule is CC=C(O)COCCOCCO. The van der Waals surface area contributed by atoms with Crippen molar-refractivity contribution in [1.82, 2.24) is 0 Å². The van der Waals surface area contributed by atoms with E-state index in [1.54, 1.807) is 13.0 Å². The molecule has 2 N–H and O–H groups in total. The van der Waals surface area contributed by atoms with Gasteiger partial charge in [0.2, 0.25) is 0 Å². The number of aliphatic hydroxyl groups excluding tert-OH is 2. The third-order valence-electron chi connectivity index (χ3n) is 1.19. The molecule has 0 aromatic carbocycles. The molecule has 0 fully saturated rings. The summed E-state index contributed by atoms with van der Waals surface area (Å²) in [6.45, 7) is 3.19. The molecule has 0 amide bonds. The van der Waals surface area contributed by atoms with Gasteiger partial charge in [-0.25, -0.2) is 0 Å². The third-order valence-corrected chi connectivity index (χ3v) is 1.19. The van der Waals surface area contributed by atoms with Gasteiger partial charge >= 0.3 is 0 Å². The second kappa shape index (κ2) is 8.52. The van der Waals surface area contributed by atoms with Gasteiger partial charge in [0, 0.05) is 0 Å². The molecule has 4 nitrogen and oxygen atoms in total. The summed E-state index contributed by atoms with van der Waals surface area (Å²) in [6, 6.07) is 0.